The zero-order valence-electron chi connectivity index (χ0n) is 12.9. The van der Waals surface area contributed by atoms with Crippen LogP contribution in [-0.4, -0.2) is 34.9 Å². The highest BCUT2D eigenvalue weighted by molar-refractivity contribution is 5.79. The average Bonchev–Trinajstić information content (AvgIpc) is 2.67. The second kappa shape index (κ2) is 6.44. The quantitative estimate of drug-likeness (QED) is 0.778. The fraction of sp³-hybridized carbons (Fsp3) is 0.938. The molecule has 2 unspecified atom stereocenters. The highest BCUT2D eigenvalue weighted by Crippen LogP contribution is 2.36. The van der Waals surface area contributed by atoms with Gasteiger partial charge in [0.05, 0.1) is 5.60 Å². The minimum absolute atomic E-state index is 0.311. The molecule has 2 N–H and O–H groups in total. The summed E-state index contributed by atoms with van der Waals surface area (Å²) in [6, 6.07) is 0.354. The summed E-state index contributed by atoms with van der Waals surface area (Å²) in [5.41, 5.74) is -1.10. The third kappa shape index (κ3) is 3.53. The summed E-state index contributed by atoms with van der Waals surface area (Å²) in [6.07, 6.45) is 9.23. The van der Waals surface area contributed by atoms with Crippen molar-refractivity contribution in [1.82, 2.24) is 5.32 Å². The third-order valence-electron chi connectivity index (χ3n) is 5.15. The Morgan fingerprint density at radius 1 is 1.30 bits per heavy atom. The van der Waals surface area contributed by atoms with Crippen molar-refractivity contribution in [3.63, 3.8) is 0 Å². The molecular weight excluding hydrogens is 254 g/mol. The van der Waals surface area contributed by atoms with Crippen molar-refractivity contribution >= 4 is 5.97 Å². The molecule has 0 spiro atoms. The average molecular weight is 283 g/mol. The Bertz CT molecular complexity index is 339. The Labute approximate surface area is 122 Å². The van der Waals surface area contributed by atoms with E-state index >= 15 is 0 Å². The van der Waals surface area contributed by atoms with Gasteiger partial charge in [0, 0.05) is 19.1 Å². The minimum atomic E-state index is -0.794. The molecule has 4 heteroatoms. The molecule has 2 atom stereocenters. The molecule has 20 heavy (non-hydrogen) atoms. The number of carbonyl (C=O) groups is 1. The monoisotopic (exact) mass is 283 g/mol. The lowest BCUT2D eigenvalue weighted by Gasteiger charge is -2.45. The van der Waals surface area contributed by atoms with Gasteiger partial charge in [0.25, 0.3) is 0 Å². The van der Waals surface area contributed by atoms with Gasteiger partial charge in [-0.3, -0.25) is 10.1 Å². The molecular formula is C16H29NO3. The highest BCUT2D eigenvalue weighted by Gasteiger charge is 2.48. The number of rotatable bonds is 4. The lowest BCUT2D eigenvalue weighted by atomic mass is 9.78. The van der Waals surface area contributed by atoms with Gasteiger partial charge in [-0.25, -0.2) is 0 Å². The maximum Gasteiger partial charge on any atom is 0.324 e. The highest BCUT2D eigenvalue weighted by atomic mass is 16.5. The Hall–Kier alpha value is -0.610. The number of carboxylic acids is 1. The zero-order chi connectivity index (χ0) is 14.6. The van der Waals surface area contributed by atoms with Gasteiger partial charge in [0.15, 0.2) is 0 Å². The van der Waals surface area contributed by atoms with Crippen molar-refractivity contribution in [3.8, 4) is 0 Å². The van der Waals surface area contributed by atoms with Crippen LogP contribution in [0.4, 0.5) is 0 Å². The van der Waals surface area contributed by atoms with E-state index in [1.54, 1.807) is 0 Å². The van der Waals surface area contributed by atoms with Gasteiger partial charge >= 0.3 is 5.97 Å². The Kier molecular flexibility index (Phi) is 5.08. The number of aliphatic carboxylic acids is 1. The SMILES string of the molecule is CCC1(C)CC(NC2CCCCCC2)(C(=O)O)CCO1. The molecule has 1 saturated heterocycles. The first kappa shape index (κ1) is 15.8. The van der Waals surface area contributed by atoms with E-state index in [2.05, 4.69) is 12.2 Å². The molecule has 116 valence electrons. The van der Waals surface area contributed by atoms with Crippen LogP contribution in [0.15, 0.2) is 0 Å². The second-order valence-electron chi connectivity index (χ2n) is 6.80. The predicted molar refractivity (Wildman–Crippen MR) is 78.9 cm³/mol. The fourth-order valence-corrected chi connectivity index (χ4v) is 3.66. The summed E-state index contributed by atoms with van der Waals surface area (Å²) < 4.78 is 5.83. The van der Waals surface area contributed by atoms with Crippen LogP contribution in [0.2, 0.25) is 0 Å². The van der Waals surface area contributed by atoms with Crippen LogP contribution in [0.3, 0.4) is 0 Å². The summed E-state index contributed by atoms with van der Waals surface area (Å²) in [5, 5.41) is 13.3. The van der Waals surface area contributed by atoms with Crippen molar-refractivity contribution in [2.75, 3.05) is 6.61 Å². The molecule has 0 aromatic rings. The summed E-state index contributed by atoms with van der Waals surface area (Å²) in [5.74, 6) is -0.704. The molecule has 1 aliphatic carbocycles. The van der Waals surface area contributed by atoms with E-state index in [-0.39, 0.29) is 5.60 Å². The Balaban J connectivity index is 2.10. The summed E-state index contributed by atoms with van der Waals surface area (Å²) in [6.45, 7) is 4.65. The first-order valence-corrected chi connectivity index (χ1v) is 8.15. The van der Waals surface area contributed by atoms with Gasteiger partial charge < -0.3 is 9.84 Å². The van der Waals surface area contributed by atoms with E-state index in [9.17, 15) is 9.90 Å². The predicted octanol–water partition coefficient (Wildman–Crippen LogP) is 3.10. The molecule has 2 fully saturated rings. The molecule has 0 amide bonds. The number of carboxylic acid groups (broad SMARTS) is 1. The van der Waals surface area contributed by atoms with Crippen LogP contribution in [0.1, 0.15) is 71.6 Å². The van der Waals surface area contributed by atoms with E-state index in [1.165, 1.54) is 25.7 Å². The van der Waals surface area contributed by atoms with E-state index in [0.717, 1.165) is 19.3 Å². The summed E-state index contributed by atoms with van der Waals surface area (Å²) in [4.78, 5) is 11.9. The number of ether oxygens (including phenoxy) is 1. The van der Waals surface area contributed by atoms with Crippen LogP contribution >= 0.6 is 0 Å². The maximum absolute atomic E-state index is 11.9. The first-order chi connectivity index (χ1) is 9.50. The topological polar surface area (TPSA) is 58.6 Å². The van der Waals surface area contributed by atoms with Gasteiger partial charge in [-0.2, -0.15) is 0 Å². The van der Waals surface area contributed by atoms with E-state index in [1.807, 2.05) is 6.92 Å². The number of nitrogens with one attached hydrogen (secondary N) is 1. The van der Waals surface area contributed by atoms with Crippen LogP contribution < -0.4 is 5.32 Å². The van der Waals surface area contributed by atoms with E-state index < -0.39 is 11.5 Å². The Morgan fingerprint density at radius 3 is 2.50 bits per heavy atom. The van der Waals surface area contributed by atoms with E-state index in [0.29, 0.717) is 25.5 Å². The zero-order valence-corrected chi connectivity index (χ0v) is 12.9. The molecule has 1 aliphatic heterocycles. The van der Waals surface area contributed by atoms with Gasteiger partial charge in [0.1, 0.15) is 5.54 Å². The molecule has 1 heterocycles. The van der Waals surface area contributed by atoms with Crippen molar-refractivity contribution in [1.29, 1.82) is 0 Å². The summed E-state index contributed by atoms with van der Waals surface area (Å²) >= 11 is 0. The van der Waals surface area contributed by atoms with Crippen LogP contribution in [0, 0.1) is 0 Å². The smallest absolute Gasteiger partial charge is 0.324 e. The van der Waals surface area contributed by atoms with Crippen molar-refractivity contribution < 1.29 is 14.6 Å². The van der Waals surface area contributed by atoms with Gasteiger partial charge in [-0.1, -0.05) is 32.6 Å². The molecule has 4 nitrogen and oxygen atoms in total. The lowest BCUT2D eigenvalue weighted by molar-refractivity contribution is -0.161. The maximum atomic E-state index is 11.9. The van der Waals surface area contributed by atoms with Crippen molar-refractivity contribution in [2.45, 2.75) is 88.8 Å². The normalized spacial score (nSPS) is 36.5. The molecule has 0 bridgehead atoms. The lowest BCUT2D eigenvalue weighted by Crippen LogP contribution is -2.62. The van der Waals surface area contributed by atoms with Crippen LogP contribution in [0.5, 0.6) is 0 Å². The third-order valence-corrected chi connectivity index (χ3v) is 5.15. The molecule has 1 saturated carbocycles. The molecule has 0 aromatic carbocycles. The van der Waals surface area contributed by atoms with Crippen molar-refractivity contribution in [2.24, 2.45) is 0 Å². The minimum Gasteiger partial charge on any atom is -0.480 e. The summed E-state index contributed by atoms with van der Waals surface area (Å²) in [7, 11) is 0. The second-order valence-corrected chi connectivity index (χ2v) is 6.80. The van der Waals surface area contributed by atoms with Crippen LogP contribution in [0.25, 0.3) is 0 Å². The largest absolute Gasteiger partial charge is 0.480 e. The van der Waals surface area contributed by atoms with Gasteiger partial charge in [-0.05, 0) is 32.6 Å². The van der Waals surface area contributed by atoms with Crippen molar-refractivity contribution in [3.05, 3.63) is 0 Å². The van der Waals surface area contributed by atoms with Crippen LogP contribution in [-0.2, 0) is 9.53 Å². The molecule has 2 aliphatic rings. The standard InChI is InChI=1S/C16H29NO3/c1-3-15(2)12-16(14(18)19,10-11-20-15)17-13-8-6-4-5-7-9-13/h13,17H,3-12H2,1-2H3,(H,18,19). The fourth-order valence-electron chi connectivity index (χ4n) is 3.66. The van der Waals surface area contributed by atoms with Gasteiger partial charge in [-0.15, -0.1) is 0 Å². The molecule has 0 aromatic heterocycles. The number of hydrogen-bond acceptors (Lipinski definition) is 3. The molecule has 0 radical (unpaired) electrons. The van der Waals surface area contributed by atoms with Gasteiger partial charge in [0.2, 0.25) is 0 Å². The van der Waals surface area contributed by atoms with E-state index in [4.69, 9.17) is 4.74 Å². The Morgan fingerprint density at radius 2 is 1.95 bits per heavy atom. The first-order valence-electron chi connectivity index (χ1n) is 8.15. The molecule has 2 rings (SSSR count). The number of hydrogen-bond donors (Lipinski definition) is 2.